The molecule has 1 aliphatic rings. The van der Waals surface area contributed by atoms with Crippen LogP contribution < -0.4 is 10.1 Å². The van der Waals surface area contributed by atoms with Crippen LogP contribution >= 0.6 is 11.6 Å². The Balaban J connectivity index is 1.63. The van der Waals surface area contributed by atoms with Crippen LogP contribution in [0.2, 0.25) is 5.02 Å². The predicted molar refractivity (Wildman–Crippen MR) is 96.4 cm³/mol. The third-order valence-electron chi connectivity index (χ3n) is 4.02. The molecule has 0 spiro atoms. The summed E-state index contributed by atoms with van der Waals surface area (Å²) < 4.78 is 11.1. The van der Waals surface area contributed by atoms with Crippen LogP contribution in [0, 0.1) is 0 Å². The Morgan fingerprint density at radius 3 is 2.65 bits per heavy atom. The van der Waals surface area contributed by atoms with Crippen LogP contribution in [-0.2, 0) is 20.9 Å². The first-order chi connectivity index (χ1) is 12.5. The van der Waals surface area contributed by atoms with Gasteiger partial charge in [-0.15, -0.1) is 0 Å². The lowest BCUT2D eigenvalue weighted by atomic mass is 10.2. The molecule has 26 heavy (non-hydrogen) atoms. The van der Waals surface area contributed by atoms with Gasteiger partial charge in [-0.05, 0) is 42.7 Å². The highest BCUT2D eigenvalue weighted by molar-refractivity contribution is 6.30. The third kappa shape index (κ3) is 4.53. The van der Waals surface area contributed by atoms with Crippen LogP contribution in [0.5, 0.6) is 5.75 Å². The van der Waals surface area contributed by atoms with Crippen molar-refractivity contribution in [1.82, 2.24) is 0 Å². The van der Waals surface area contributed by atoms with Crippen molar-refractivity contribution in [1.29, 1.82) is 0 Å². The summed E-state index contributed by atoms with van der Waals surface area (Å²) in [7, 11) is 0. The number of nitrogens with one attached hydrogen (secondary N) is 1. The second kappa shape index (κ2) is 8.21. The Morgan fingerprint density at radius 2 is 1.92 bits per heavy atom. The second-order valence-electron chi connectivity index (χ2n) is 5.93. The van der Waals surface area contributed by atoms with E-state index in [-0.39, 0.29) is 5.91 Å². The van der Waals surface area contributed by atoms with Gasteiger partial charge in [0.25, 0.3) is 5.91 Å². The number of carbonyl (C=O) groups is 2. The van der Waals surface area contributed by atoms with E-state index in [4.69, 9.17) is 26.2 Å². The Hall–Kier alpha value is -2.57. The number of anilines is 1. The van der Waals surface area contributed by atoms with Gasteiger partial charge >= 0.3 is 5.97 Å². The predicted octanol–water partition coefficient (Wildman–Crippen LogP) is 3.49. The Labute approximate surface area is 155 Å². The van der Waals surface area contributed by atoms with Crippen molar-refractivity contribution < 1.29 is 24.2 Å². The van der Waals surface area contributed by atoms with Crippen LogP contribution in [0.15, 0.2) is 48.5 Å². The van der Waals surface area contributed by atoms with Gasteiger partial charge < -0.3 is 19.9 Å². The summed E-state index contributed by atoms with van der Waals surface area (Å²) in [5.74, 6) is -0.924. The molecule has 1 aliphatic heterocycles. The van der Waals surface area contributed by atoms with Crippen LogP contribution in [0.1, 0.15) is 18.4 Å². The summed E-state index contributed by atoms with van der Waals surface area (Å²) in [6.45, 7) is 0.300. The van der Waals surface area contributed by atoms with E-state index in [1.165, 1.54) is 0 Å². The fourth-order valence-corrected chi connectivity index (χ4v) is 2.92. The van der Waals surface area contributed by atoms with Gasteiger partial charge in [0.1, 0.15) is 18.5 Å². The molecule has 0 aromatic heterocycles. The molecule has 2 aromatic carbocycles. The van der Waals surface area contributed by atoms with Gasteiger partial charge in [-0.2, -0.15) is 0 Å². The molecule has 7 heteroatoms. The summed E-state index contributed by atoms with van der Waals surface area (Å²) >= 11 is 5.97. The van der Waals surface area contributed by atoms with Gasteiger partial charge in [0.05, 0.1) is 5.69 Å². The lowest BCUT2D eigenvalue weighted by molar-refractivity contribution is -0.150. The molecule has 6 nitrogen and oxygen atoms in total. The summed E-state index contributed by atoms with van der Waals surface area (Å²) in [6, 6.07) is 14.4. The summed E-state index contributed by atoms with van der Waals surface area (Å²) in [5.41, 5.74) is 1.41. The average Bonchev–Trinajstić information content (AvgIpc) is 3.12. The van der Waals surface area contributed by atoms with Crippen molar-refractivity contribution in [2.45, 2.75) is 31.7 Å². The Morgan fingerprint density at radius 1 is 1.15 bits per heavy atom. The topological polar surface area (TPSA) is 84.9 Å². The summed E-state index contributed by atoms with van der Waals surface area (Å²) in [5, 5.41) is 12.3. The van der Waals surface area contributed by atoms with Crippen molar-refractivity contribution in [3.63, 3.8) is 0 Å². The molecule has 0 aliphatic carbocycles. The number of carbonyl (C=O) groups excluding carboxylic acids is 1. The molecular weight excluding hydrogens is 358 g/mol. The fourth-order valence-electron chi connectivity index (χ4n) is 2.71. The van der Waals surface area contributed by atoms with Gasteiger partial charge in [0.2, 0.25) is 0 Å². The zero-order valence-electron chi connectivity index (χ0n) is 13.9. The summed E-state index contributed by atoms with van der Waals surface area (Å²) in [4.78, 5) is 23.3. The Kier molecular flexibility index (Phi) is 5.75. The number of halogens is 1. The number of carboxylic acids is 1. The molecule has 0 bridgehead atoms. The Bertz CT molecular complexity index is 810. The van der Waals surface area contributed by atoms with E-state index in [1.807, 2.05) is 12.1 Å². The van der Waals surface area contributed by atoms with E-state index >= 15 is 0 Å². The van der Waals surface area contributed by atoms with Crippen molar-refractivity contribution in [3.05, 3.63) is 59.1 Å². The van der Waals surface area contributed by atoms with E-state index in [1.54, 1.807) is 36.4 Å². The SMILES string of the molecule is O=C(Nc1ccccc1OCc1cccc(Cl)c1)[C@@H]1CC[C@H](C(=O)O)O1. The van der Waals surface area contributed by atoms with Crippen molar-refractivity contribution in [2.75, 3.05) is 5.32 Å². The molecule has 3 rings (SSSR count). The highest BCUT2D eigenvalue weighted by atomic mass is 35.5. The van der Waals surface area contributed by atoms with Gasteiger partial charge in [0, 0.05) is 5.02 Å². The quantitative estimate of drug-likeness (QED) is 0.807. The van der Waals surface area contributed by atoms with Gasteiger partial charge in [-0.1, -0.05) is 35.9 Å². The number of hydrogen-bond acceptors (Lipinski definition) is 4. The maximum Gasteiger partial charge on any atom is 0.332 e. The van der Waals surface area contributed by atoms with E-state index in [2.05, 4.69) is 5.32 Å². The lowest BCUT2D eigenvalue weighted by Crippen LogP contribution is -2.30. The minimum atomic E-state index is -1.05. The fraction of sp³-hybridized carbons (Fsp3) is 0.263. The zero-order chi connectivity index (χ0) is 18.5. The first kappa shape index (κ1) is 18.2. The van der Waals surface area contributed by atoms with Crippen LogP contribution in [-0.4, -0.2) is 29.2 Å². The van der Waals surface area contributed by atoms with E-state index in [0.717, 1.165) is 5.56 Å². The van der Waals surface area contributed by atoms with Gasteiger partial charge in [-0.25, -0.2) is 4.79 Å². The van der Waals surface area contributed by atoms with E-state index < -0.39 is 18.2 Å². The van der Waals surface area contributed by atoms with E-state index in [9.17, 15) is 9.59 Å². The van der Waals surface area contributed by atoms with Crippen LogP contribution in [0.25, 0.3) is 0 Å². The zero-order valence-corrected chi connectivity index (χ0v) is 14.6. The number of aliphatic carboxylic acids is 1. The molecular formula is C19H18ClNO5. The smallest absolute Gasteiger partial charge is 0.332 e. The molecule has 2 atom stereocenters. The molecule has 1 fully saturated rings. The summed E-state index contributed by atoms with van der Waals surface area (Å²) in [6.07, 6.45) is -1.02. The maximum atomic E-state index is 12.4. The molecule has 0 unspecified atom stereocenters. The van der Waals surface area contributed by atoms with Crippen molar-refractivity contribution in [3.8, 4) is 5.75 Å². The van der Waals surface area contributed by atoms with Crippen LogP contribution in [0.4, 0.5) is 5.69 Å². The molecule has 0 radical (unpaired) electrons. The molecule has 136 valence electrons. The van der Waals surface area contributed by atoms with E-state index in [0.29, 0.717) is 35.9 Å². The number of rotatable bonds is 6. The minimum Gasteiger partial charge on any atom is -0.487 e. The highest BCUT2D eigenvalue weighted by Crippen LogP contribution is 2.27. The maximum absolute atomic E-state index is 12.4. The molecule has 1 heterocycles. The number of amides is 1. The first-order valence-electron chi connectivity index (χ1n) is 8.18. The van der Waals surface area contributed by atoms with Crippen molar-refractivity contribution >= 4 is 29.2 Å². The first-order valence-corrected chi connectivity index (χ1v) is 8.56. The van der Waals surface area contributed by atoms with Gasteiger partial charge in [-0.3, -0.25) is 4.79 Å². The van der Waals surface area contributed by atoms with Crippen molar-refractivity contribution in [2.24, 2.45) is 0 Å². The number of carboxylic acid groups (broad SMARTS) is 1. The normalized spacial score (nSPS) is 19.1. The second-order valence-corrected chi connectivity index (χ2v) is 6.37. The average molecular weight is 376 g/mol. The van der Waals surface area contributed by atoms with Gasteiger partial charge in [0.15, 0.2) is 6.10 Å². The molecule has 2 aromatic rings. The standard InChI is InChI=1S/C19H18ClNO5/c20-13-5-3-4-12(10-13)11-25-15-7-2-1-6-14(15)21-18(22)16-8-9-17(26-16)19(23)24/h1-7,10,16-17H,8-9,11H2,(H,21,22)(H,23,24)/t16-,17+/m0/s1. The number of benzene rings is 2. The highest BCUT2D eigenvalue weighted by Gasteiger charge is 2.34. The molecule has 2 N–H and O–H groups in total. The lowest BCUT2D eigenvalue weighted by Gasteiger charge is -2.15. The third-order valence-corrected chi connectivity index (χ3v) is 4.25. The molecule has 1 saturated heterocycles. The van der Waals surface area contributed by atoms with Crippen LogP contribution in [0.3, 0.4) is 0 Å². The minimum absolute atomic E-state index is 0.300. The number of hydrogen-bond donors (Lipinski definition) is 2. The molecule has 1 amide bonds. The number of ether oxygens (including phenoxy) is 2. The monoisotopic (exact) mass is 375 g/mol. The largest absolute Gasteiger partial charge is 0.487 e. The molecule has 0 saturated carbocycles. The number of para-hydroxylation sites is 2.